The average molecular weight is 299 g/mol. The molecule has 0 fully saturated rings. The largest absolute Gasteiger partial charge is 0.417 e. The van der Waals surface area contributed by atoms with Gasteiger partial charge < -0.3 is 0 Å². The Kier molecular flexibility index (Phi) is 4.52. The Morgan fingerprint density at radius 2 is 2.00 bits per heavy atom. The van der Waals surface area contributed by atoms with Crippen molar-refractivity contribution in [3.8, 4) is 0 Å². The third kappa shape index (κ3) is 3.14. The minimum absolute atomic E-state index is 0.337. The Bertz CT molecular complexity index is 336. The van der Waals surface area contributed by atoms with Gasteiger partial charge in [0.1, 0.15) is 0 Å². The predicted octanol–water partition coefficient (Wildman–Crippen LogP) is 4.71. The van der Waals surface area contributed by atoms with Gasteiger partial charge in [0, 0.05) is 4.90 Å². The lowest BCUT2D eigenvalue weighted by atomic mass is 10.1. The van der Waals surface area contributed by atoms with Crippen LogP contribution in [0.1, 0.15) is 18.1 Å². The molecular weight excluding hydrogens is 289 g/mol. The first-order valence-corrected chi connectivity index (χ1v) is 6.49. The van der Waals surface area contributed by atoms with Crippen LogP contribution in [0.15, 0.2) is 23.1 Å². The maximum absolute atomic E-state index is 12.7. The molecule has 0 aliphatic rings. The number of hydrogen-bond donors (Lipinski definition) is 0. The van der Waals surface area contributed by atoms with Crippen LogP contribution in [-0.4, -0.2) is 4.66 Å². The molecule has 5 heteroatoms. The van der Waals surface area contributed by atoms with E-state index in [1.807, 2.05) is 6.92 Å². The Morgan fingerprint density at radius 1 is 1.33 bits per heavy atom. The van der Waals surface area contributed by atoms with Crippen LogP contribution in [0, 0.1) is 0 Å². The van der Waals surface area contributed by atoms with Crippen molar-refractivity contribution in [1.29, 1.82) is 0 Å². The smallest absolute Gasteiger partial charge is 0.166 e. The summed E-state index contributed by atoms with van der Waals surface area (Å²) in [7, 11) is 0. The molecule has 0 N–H and O–H groups in total. The first-order valence-electron chi connectivity index (χ1n) is 4.38. The summed E-state index contributed by atoms with van der Waals surface area (Å²) in [5.41, 5.74) is 0.209. The molecular formula is C10H10BrF3S. The van der Waals surface area contributed by atoms with E-state index in [0.717, 1.165) is 11.6 Å². The van der Waals surface area contributed by atoms with Gasteiger partial charge in [-0.2, -0.15) is 13.2 Å². The minimum Gasteiger partial charge on any atom is -0.166 e. The number of benzene rings is 1. The van der Waals surface area contributed by atoms with Crippen molar-refractivity contribution in [1.82, 2.24) is 0 Å². The van der Waals surface area contributed by atoms with E-state index in [-0.39, 0.29) is 0 Å². The van der Waals surface area contributed by atoms with Crippen LogP contribution in [0.4, 0.5) is 13.2 Å². The van der Waals surface area contributed by atoms with Gasteiger partial charge in [0.15, 0.2) is 0 Å². The van der Waals surface area contributed by atoms with Crippen LogP contribution in [-0.2, 0) is 12.6 Å². The summed E-state index contributed by atoms with van der Waals surface area (Å²) >= 11 is 4.32. The molecule has 0 amide bonds. The van der Waals surface area contributed by atoms with Crippen LogP contribution in [0.2, 0.25) is 0 Å². The quantitative estimate of drug-likeness (QED) is 0.575. The number of hydrogen-bond acceptors (Lipinski definition) is 1. The van der Waals surface area contributed by atoms with Crippen molar-refractivity contribution in [3.63, 3.8) is 0 Å². The molecule has 0 spiro atoms. The second-order valence-corrected chi connectivity index (χ2v) is 5.19. The molecule has 0 saturated heterocycles. The first kappa shape index (κ1) is 12.9. The van der Waals surface area contributed by atoms with E-state index in [2.05, 4.69) is 15.9 Å². The highest BCUT2D eigenvalue weighted by Gasteiger charge is 2.33. The molecule has 0 atom stereocenters. The lowest BCUT2D eigenvalue weighted by Gasteiger charge is -2.14. The number of thioether (sulfide) groups is 1. The molecule has 0 saturated carbocycles. The van der Waals surface area contributed by atoms with Crippen molar-refractivity contribution in [2.45, 2.75) is 24.4 Å². The second kappa shape index (κ2) is 5.25. The molecule has 15 heavy (non-hydrogen) atoms. The Labute approximate surface area is 99.4 Å². The standard InChI is InChI=1S/C10H10BrF3S/c1-2-7-4-3-5-8(10(12,13)14)9(7)15-6-11/h3-5H,2,6H2,1H3. The lowest BCUT2D eigenvalue weighted by molar-refractivity contribution is -0.139. The van der Waals surface area contributed by atoms with Crippen LogP contribution in [0.5, 0.6) is 0 Å². The fraction of sp³-hybridized carbons (Fsp3) is 0.400. The minimum atomic E-state index is -4.27. The van der Waals surface area contributed by atoms with Gasteiger partial charge in [-0.1, -0.05) is 35.0 Å². The molecule has 1 aromatic rings. The van der Waals surface area contributed by atoms with Crippen LogP contribution < -0.4 is 0 Å². The zero-order chi connectivity index (χ0) is 11.5. The van der Waals surface area contributed by atoms with Crippen LogP contribution in [0.25, 0.3) is 0 Å². The Hall–Kier alpha value is -0.160. The monoisotopic (exact) mass is 298 g/mol. The number of halogens is 4. The van der Waals surface area contributed by atoms with E-state index in [1.54, 1.807) is 6.07 Å². The van der Waals surface area contributed by atoms with Crippen LogP contribution >= 0.6 is 27.7 Å². The van der Waals surface area contributed by atoms with E-state index in [0.29, 0.717) is 16.0 Å². The first-order chi connectivity index (χ1) is 7.00. The molecule has 0 nitrogen and oxygen atoms in total. The molecule has 0 aliphatic carbocycles. The molecule has 1 rings (SSSR count). The zero-order valence-corrected chi connectivity index (χ0v) is 10.5. The third-order valence-corrected chi connectivity index (χ3v) is 3.55. The molecule has 0 heterocycles. The summed E-state index contributed by atoms with van der Waals surface area (Å²) in [6.07, 6.45) is -3.66. The molecule has 0 aromatic heterocycles. The van der Waals surface area contributed by atoms with Crippen molar-refractivity contribution in [3.05, 3.63) is 29.3 Å². The fourth-order valence-corrected chi connectivity index (χ4v) is 2.84. The van der Waals surface area contributed by atoms with Gasteiger partial charge >= 0.3 is 6.18 Å². The summed E-state index contributed by atoms with van der Waals surface area (Å²) in [6, 6.07) is 4.32. The SMILES string of the molecule is CCc1cccc(C(F)(F)F)c1SCBr. The molecule has 0 bridgehead atoms. The number of rotatable bonds is 3. The van der Waals surface area contributed by atoms with Crippen molar-refractivity contribution in [2.75, 3.05) is 4.66 Å². The third-order valence-electron chi connectivity index (χ3n) is 1.98. The van der Waals surface area contributed by atoms with Gasteiger partial charge in [0.05, 0.1) is 10.2 Å². The summed E-state index contributed by atoms with van der Waals surface area (Å²) in [5, 5.41) is 0. The Morgan fingerprint density at radius 3 is 2.47 bits per heavy atom. The zero-order valence-electron chi connectivity index (χ0n) is 8.07. The average Bonchev–Trinajstić information content (AvgIpc) is 2.17. The van der Waals surface area contributed by atoms with Gasteiger partial charge in [-0.25, -0.2) is 0 Å². The van der Waals surface area contributed by atoms with Crippen LogP contribution in [0.3, 0.4) is 0 Å². The van der Waals surface area contributed by atoms with E-state index >= 15 is 0 Å². The lowest BCUT2D eigenvalue weighted by Crippen LogP contribution is -2.08. The number of aryl methyl sites for hydroxylation is 1. The van der Waals surface area contributed by atoms with Crippen molar-refractivity contribution >= 4 is 27.7 Å². The molecule has 1 aromatic carbocycles. The maximum atomic E-state index is 12.7. The van der Waals surface area contributed by atoms with Gasteiger partial charge in [0.2, 0.25) is 0 Å². The second-order valence-electron chi connectivity index (χ2n) is 2.90. The molecule has 0 radical (unpaired) electrons. The van der Waals surface area contributed by atoms with Gasteiger partial charge in [-0.3, -0.25) is 0 Å². The van der Waals surface area contributed by atoms with E-state index in [4.69, 9.17) is 0 Å². The summed E-state index contributed by atoms with van der Waals surface area (Å²) in [4.78, 5) is 0.337. The molecule has 84 valence electrons. The Balaban J connectivity index is 3.25. The van der Waals surface area contributed by atoms with E-state index in [9.17, 15) is 13.2 Å². The summed E-state index contributed by atoms with van der Waals surface area (Å²) < 4.78 is 38.4. The maximum Gasteiger partial charge on any atom is 0.417 e. The van der Waals surface area contributed by atoms with Crippen molar-refractivity contribution < 1.29 is 13.2 Å². The highest BCUT2D eigenvalue weighted by atomic mass is 79.9. The van der Waals surface area contributed by atoms with Gasteiger partial charge in [-0.05, 0) is 18.1 Å². The van der Waals surface area contributed by atoms with Gasteiger partial charge in [0.25, 0.3) is 0 Å². The van der Waals surface area contributed by atoms with Gasteiger partial charge in [-0.15, -0.1) is 11.8 Å². The summed E-state index contributed by atoms with van der Waals surface area (Å²) in [6.45, 7) is 1.85. The molecule has 0 unspecified atom stereocenters. The number of alkyl halides is 4. The van der Waals surface area contributed by atoms with Crippen molar-refractivity contribution in [2.24, 2.45) is 0 Å². The van der Waals surface area contributed by atoms with E-state index in [1.165, 1.54) is 17.8 Å². The highest BCUT2D eigenvalue weighted by molar-refractivity contribution is 9.11. The highest BCUT2D eigenvalue weighted by Crippen LogP contribution is 2.39. The molecule has 0 aliphatic heterocycles. The summed E-state index contributed by atoms with van der Waals surface area (Å²) in [5.74, 6) is 0. The predicted molar refractivity (Wildman–Crippen MR) is 60.5 cm³/mol. The normalized spacial score (nSPS) is 11.8. The fourth-order valence-electron chi connectivity index (χ4n) is 1.31. The van der Waals surface area contributed by atoms with E-state index < -0.39 is 11.7 Å². The topological polar surface area (TPSA) is 0 Å².